The standard InChI is InChI=1S/C19H20ClNO2/c1-4-11(2)16-10-21-18-6-5-14(9-15(16)18)23-19-12(3)7-13(22)8-17(19)20/h5-11,21-22H,4H2,1-3H3. The second-order valence-corrected chi connectivity index (χ2v) is 6.34. The molecular weight excluding hydrogens is 310 g/mol. The molecule has 2 aromatic carbocycles. The summed E-state index contributed by atoms with van der Waals surface area (Å²) in [6.07, 6.45) is 3.16. The van der Waals surface area contributed by atoms with Crippen molar-refractivity contribution in [3.8, 4) is 17.2 Å². The number of nitrogens with one attached hydrogen (secondary N) is 1. The smallest absolute Gasteiger partial charge is 0.149 e. The quantitative estimate of drug-likeness (QED) is 0.603. The highest BCUT2D eigenvalue weighted by Gasteiger charge is 2.13. The molecule has 0 amide bonds. The van der Waals surface area contributed by atoms with Gasteiger partial charge in [-0.25, -0.2) is 0 Å². The fraction of sp³-hybridized carbons (Fsp3) is 0.263. The van der Waals surface area contributed by atoms with Crippen molar-refractivity contribution in [2.24, 2.45) is 0 Å². The molecule has 1 unspecified atom stereocenters. The van der Waals surface area contributed by atoms with Crippen LogP contribution in [0.15, 0.2) is 36.5 Å². The number of aromatic hydroxyl groups is 1. The van der Waals surface area contributed by atoms with E-state index in [0.29, 0.717) is 16.7 Å². The Bertz CT molecular complexity index is 831. The first-order valence-electron chi connectivity index (χ1n) is 7.77. The molecule has 0 saturated carbocycles. The molecule has 0 fully saturated rings. The van der Waals surface area contributed by atoms with Crippen molar-refractivity contribution in [3.05, 3.63) is 52.7 Å². The number of phenolic OH excluding ortho intramolecular Hbond substituents is 1. The third-order valence-electron chi connectivity index (χ3n) is 4.26. The molecule has 1 heterocycles. The van der Waals surface area contributed by atoms with E-state index in [1.165, 1.54) is 17.0 Å². The number of rotatable bonds is 4. The van der Waals surface area contributed by atoms with Gasteiger partial charge in [0.2, 0.25) is 0 Å². The highest BCUT2D eigenvalue weighted by atomic mass is 35.5. The number of aromatic nitrogens is 1. The molecule has 0 bridgehead atoms. The maximum absolute atomic E-state index is 9.58. The highest BCUT2D eigenvalue weighted by molar-refractivity contribution is 6.32. The lowest BCUT2D eigenvalue weighted by Crippen LogP contribution is -1.91. The summed E-state index contributed by atoms with van der Waals surface area (Å²) in [5.74, 6) is 1.93. The van der Waals surface area contributed by atoms with Crippen LogP contribution < -0.4 is 4.74 Å². The largest absolute Gasteiger partial charge is 0.508 e. The van der Waals surface area contributed by atoms with Gasteiger partial charge in [-0.2, -0.15) is 0 Å². The number of ether oxygens (including phenoxy) is 1. The van der Waals surface area contributed by atoms with Crippen LogP contribution in [0, 0.1) is 6.92 Å². The number of H-pyrrole nitrogens is 1. The first-order valence-corrected chi connectivity index (χ1v) is 8.15. The van der Waals surface area contributed by atoms with Crippen LogP contribution in [0.5, 0.6) is 17.2 Å². The van der Waals surface area contributed by atoms with Crippen molar-refractivity contribution >= 4 is 22.5 Å². The fourth-order valence-electron chi connectivity index (χ4n) is 2.77. The van der Waals surface area contributed by atoms with Crippen LogP contribution in [0.3, 0.4) is 0 Å². The van der Waals surface area contributed by atoms with E-state index in [4.69, 9.17) is 16.3 Å². The van der Waals surface area contributed by atoms with Crippen molar-refractivity contribution in [1.29, 1.82) is 0 Å². The van der Waals surface area contributed by atoms with Gasteiger partial charge in [0.1, 0.15) is 17.2 Å². The summed E-state index contributed by atoms with van der Waals surface area (Å²) in [7, 11) is 0. The summed E-state index contributed by atoms with van der Waals surface area (Å²) in [6.45, 7) is 6.26. The molecule has 0 aliphatic carbocycles. The number of fused-ring (bicyclic) bond motifs is 1. The number of hydrogen-bond acceptors (Lipinski definition) is 2. The Kier molecular flexibility index (Phi) is 4.22. The molecule has 23 heavy (non-hydrogen) atoms. The first-order chi connectivity index (χ1) is 11.0. The Labute approximate surface area is 140 Å². The van der Waals surface area contributed by atoms with E-state index in [1.54, 1.807) is 6.07 Å². The molecule has 0 radical (unpaired) electrons. The van der Waals surface area contributed by atoms with E-state index < -0.39 is 0 Å². The first kappa shape index (κ1) is 15.8. The number of hydrogen-bond donors (Lipinski definition) is 2. The summed E-state index contributed by atoms with van der Waals surface area (Å²) in [4.78, 5) is 3.31. The molecule has 0 aliphatic heterocycles. The minimum Gasteiger partial charge on any atom is -0.508 e. The molecule has 3 aromatic rings. The van der Waals surface area contributed by atoms with Gasteiger partial charge >= 0.3 is 0 Å². The van der Waals surface area contributed by atoms with Gasteiger partial charge in [0.15, 0.2) is 0 Å². The summed E-state index contributed by atoms with van der Waals surface area (Å²) in [6, 6.07) is 9.10. The van der Waals surface area contributed by atoms with Crippen LogP contribution in [-0.2, 0) is 0 Å². The van der Waals surface area contributed by atoms with Crippen LogP contribution in [-0.4, -0.2) is 10.1 Å². The zero-order valence-corrected chi connectivity index (χ0v) is 14.2. The molecule has 4 heteroatoms. The number of halogens is 1. The molecule has 1 aromatic heterocycles. The Morgan fingerprint density at radius 3 is 2.74 bits per heavy atom. The molecule has 120 valence electrons. The van der Waals surface area contributed by atoms with Crippen molar-refractivity contribution < 1.29 is 9.84 Å². The van der Waals surface area contributed by atoms with Gasteiger partial charge < -0.3 is 14.8 Å². The van der Waals surface area contributed by atoms with Crippen LogP contribution in [0.25, 0.3) is 10.9 Å². The van der Waals surface area contributed by atoms with Crippen molar-refractivity contribution in [3.63, 3.8) is 0 Å². The SMILES string of the molecule is CCC(C)c1c[nH]c2ccc(Oc3c(C)cc(O)cc3Cl)cc12. The van der Waals surface area contributed by atoms with Crippen LogP contribution in [0.2, 0.25) is 5.02 Å². The normalized spacial score (nSPS) is 12.5. The Balaban J connectivity index is 2.01. The van der Waals surface area contributed by atoms with E-state index in [2.05, 4.69) is 25.0 Å². The number of phenols is 1. The van der Waals surface area contributed by atoms with Crippen LogP contribution >= 0.6 is 11.6 Å². The highest BCUT2D eigenvalue weighted by Crippen LogP contribution is 2.37. The van der Waals surface area contributed by atoms with Gasteiger partial charge in [-0.15, -0.1) is 0 Å². The summed E-state index contributed by atoms with van der Waals surface area (Å²) in [5.41, 5.74) is 3.19. The van der Waals surface area contributed by atoms with Gasteiger partial charge in [-0.3, -0.25) is 0 Å². The maximum Gasteiger partial charge on any atom is 0.149 e. The zero-order chi connectivity index (χ0) is 16.6. The molecular formula is C19H20ClNO2. The predicted octanol–water partition coefficient (Wildman–Crippen LogP) is 6.14. The van der Waals surface area contributed by atoms with E-state index in [9.17, 15) is 5.11 Å². The van der Waals surface area contributed by atoms with Crippen molar-refractivity contribution in [1.82, 2.24) is 4.98 Å². The van der Waals surface area contributed by atoms with Gasteiger partial charge in [0, 0.05) is 23.2 Å². The Morgan fingerprint density at radius 2 is 2.04 bits per heavy atom. The van der Waals surface area contributed by atoms with Crippen molar-refractivity contribution in [2.45, 2.75) is 33.1 Å². The molecule has 1 atom stereocenters. The Morgan fingerprint density at radius 1 is 1.26 bits per heavy atom. The number of aryl methyl sites for hydroxylation is 1. The monoisotopic (exact) mass is 329 g/mol. The molecule has 2 N–H and O–H groups in total. The molecule has 0 aliphatic rings. The predicted molar refractivity (Wildman–Crippen MR) is 94.9 cm³/mol. The zero-order valence-electron chi connectivity index (χ0n) is 13.5. The lowest BCUT2D eigenvalue weighted by molar-refractivity contribution is 0.462. The third kappa shape index (κ3) is 3.02. The topological polar surface area (TPSA) is 45.2 Å². The maximum atomic E-state index is 9.58. The molecule has 0 spiro atoms. The summed E-state index contributed by atoms with van der Waals surface area (Å²) in [5, 5.41) is 11.2. The van der Waals surface area contributed by atoms with E-state index in [0.717, 1.165) is 23.3 Å². The number of benzene rings is 2. The van der Waals surface area contributed by atoms with Gasteiger partial charge in [0.05, 0.1) is 5.02 Å². The minimum absolute atomic E-state index is 0.139. The van der Waals surface area contributed by atoms with Gasteiger partial charge in [0.25, 0.3) is 0 Å². The third-order valence-corrected chi connectivity index (χ3v) is 4.54. The van der Waals surface area contributed by atoms with Gasteiger partial charge in [-0.05, 0) is 54.7 Å². The molecule has 3 nitrogen and oxygen atoms in total. The second-order valence-electron chi connectivity index (χ2n) is 5.94. The summed E-state index contributed by atoms with van der Waals surface area (Å²) < 4.78 is 5.98. The lowest BCUT2D eigenvalue weighted by Gasteiger charge is -2.12. The second kappa shape index (κ2) is 6.17. The Hall–Kier alpha value is -2.13. The van der Waals surface area contributed by atoms with E-state index in [-0.39, 0.29) is 5.75 Å². The average Bonchev–Trinajstić information content (AvgIpc) is 2.93. The van der Waals surface area contributed by atoms with Gasteiger partial charge in [-0.1, -0.05) is 25.4 Å². The van der Waals surface area contributed by atoms with E-state index in [1.807, 2.05) is 25.1 Å². The molecule has 0 saturated heterocycles. The van der Waals surface area contributed by atoms with Crippen LogP contribution in [0.1, 0.15) is 37.3 Å². The summed E-state index contributed by atoms with van der Waals surface area (Å²) >= 11 is 6.19. The van der Waals surface area contributed by atoms with E-state index >= 15 is 0 Å². The molecule has 3 rings (SSSR count). The minimum atomic E-state index is 0.139. The number of aromatic amines is 1. The lowest BCUT2D eigenvalue weighted by atomic mass is 9.98. The van der Waals surface area contributed by atoms with Crippen LogP contribution in [0.4, 0.5) is 0 Å². The fourth-order valence-corrected chi connectivity index (χ4v) is 3.07. The van der Waals surface area contributed by atoms with Crippen molar-refractivity contribution in [2.75, 3.05) is 0 Å². The average molecular weight is 330 g/mol.